The smallest absolute Gasteiger partial charge is 0.294 e. The normalized spacial score (nSPS) is 15.0. The van der Waals surface area contributed by atoms with E-state index in [4.69, 9.17) is 27.5 Å². The maximum absolute atomic E-state index is 12.4. The molecule has 2 amide bonds. The molecule has 0 saturated carbocycles. The number of thioether (sulfide) groups is 1. The third-order valence-corrected chi connectivity index (χ3v) is 6.08. The summed E-state index contributed by atoms with van der Waals surface area (Å²) in [5, 5.41) is 0.251. The summed E-state index contributed by atoms with van der Waals surface area (Å²) in [6, 6.07) is 11.0. The van der Waals surface area contributed by atoms with Gasteiger partial charge in [-0.2, -0.15) is 0 Å². The number of imide groups is 1. The van der Waals surface area contributed by atoms with Crippen LogP contribution in [0, 0.1) is 15.9 Å². The molecular formula is C21H15ClINO4S. The first-order valence-electron chi connectivity index (χ1n) is 8.37. The zero-order valence-electron chi connectivity index (χ0n) is 15.3. The number of hydrogen-bond acceptors (Lipinski definition) is 5. The number of carbonyl (C=O) groups is 2. The van der Waals surface area contributed by atoms with Crippen molar-refractivity contribution in [3.8, 4) is 23.8 Å². The molecule has 0 unspecified atom stereocenters. The van der Waals surface area contributed by atoms with Gasteiger partial charge in [0.2, 0.25) is 0 Å². The minimum absolute atomic E-state index is 0.0440. The van der Waals surface area contributed by atoms with Gasteiger partial charge in [0.05, 0.1) is 22.1 Å². The van der Waals surface area contributed by atoms with Crippen molar-refractivity contribution in [2.24, 2.45) is 0 Å². The summed E-state index contributed by atoms with van der Waals surface area (Å²) in [5.74, 6) is 3.01. The Labute approximate surface area is 191 Å². The van der Waals surface area contributed by atoms with Crippen molar-refractivity contribution in [1.29, 1.82) is 0 Å². The standard InChI is InChI=1S/C21H15ClINO4S/c1-3-8-24-20(25)18(29-21(24)26)11-13-9-16(23)19(17(10-13)27-2)28-12-14-6-4-5-7-15(14)22/h1,4-7,9-11H,8,12H2,2H3/b18-11+. The number of methoxy groups -OCH3 is 1. The van der Waals surface area contributed by atoms with Crippen LogP contribution in [0.1, 0.15) is 11.1 Å². The maximum atomic E-state index is 12.4. The molecule has 2 aromatic rings. The summed E-state index contributed by atoms with van der Waals surface area (Å²) >= 11 is 9.18. The van der Waals surface area contributed by atoms with Gasteiger partial charge in [-0.25, -0.2) is 0 Å². The van der Waals surface area contributed by atoms with Gasteiger partial charge in [0, 0.05) is 10.6 Å². The van der Waals surface area contributed by atoms with Crippen LogP contribution >= 0.6 is 46.0 Å². The van der Waals surface area contributed by atoms with Gasteiger partial charge in [-0.05, 0) is 64.2 Å². The Balaban J connectivity index is 1.85. The van der Waals surface area contributed by atoms with Crippen molar-refractivity contribution in [3.05, 3.63) is 61.0 Å². The summed E-state index contributed by atoms with van der Waals surface area (Å²) in [7, 11) is 1.54. The number of terminal acetylenes is 1. The molecule has 0 aliphatic carbocycles. The van der Waals surface area contributed by atoms with Gasteiger partial charge in [-0.15, -0.1) is 6.42 Å². The lowest BCUT2D eigenvalue weighted by atomic mass is 10.1. The molecular weight excluding hydrogens is 525 g/mol. The van der Waals surface area contributed by atoms with Crippen LogP contribution in [0.15, 0.2) is 41.3 Å². The number of carbonyl (C=O) groups excluding carboxylic acids is 2. The number of ether oxygens (including phenoxy) is 2. The number of hydrogen-bond donors (Lipinski definition) is 0. The Kier molecular flexibility index (Phi) is 7.11. The summed E-state index contributed by atoms with van der Waals surface area (Å²) < 4.78 is 12.2. The molecule has 0 N–H and O–H groups in total. The molecule has 1 aliphatic heterocycles. The minimum atomic E-state index is -0.397. The van der Waals surface area contributed by atoms with E-state index < -0.39 is 5.91 Å². The van der Waals surface area contributed by atoms with Crippen LogP contribution < -0.4 is 9.47 Å². The van der Waals surface area contributed by atoms with Crippen molar-refractivity contribution in [2.75, 3.05) is 13.7 Å². The molecule has 8 heteroatoms. The Morgan fingerprint density at radius 3 is 2.76 bits per heavy atom. The zero-order chi connectivity index (χ0) is 21.0. The van der Waals surface area contributed by atoms with Crippen molar-refractivity contribution < 1.29 is 19.1 Å². The first-order valence-corrected chi connectivity index (χ1v) is 10.6. The lowest BCUT2D eigenvalue weighted by Crippen LogP contribution is -2.28. The highest BCUT2D eigenvalue weighted by molar-refractivity contribution is 14.1. The van der Waals surface area contributed by atoms with Gasteiger partial charge >= 0.3 is 0 Å². The van der Waals surface area contributed by atoms with E-state index in [1.807, 2.05) is 24.3 Å². The first kappa shape index (κ1) is 21.6. The summed E-state index contributed by atoms with van der Waals surface area (Å²) in [5.41, 5.74) is 1.57. The van der Waals surface area contributed by atoms with Crippen LogP contribution in [0.2, 0.25) is 5.02 Å². The number of halogens is 2. The molecule has 1 saturated heterocycles. The fourth-order valence-corrected chi connectivity index (χ4v) is 4.42. The molecule has 0 atom stereocenters. The van der Waals surface area contributed by atoms with Gasteiger partial charge in [-0.3, -0.25) is 14.5 Å². The predicted molar refractivity (Wildman–Crippen MR) is 123 cm³/mol. The quantitative estimate of drug-likeness (QED) is 0.287. The van der Waals surface area contributed by atoms with Crippen LogP contribution in [0.3, 0.4) is 0 Å². The van der Waals surface area contributed by atoms with E-state index in [9.17, 15) is 9.59 Å². The Morgan fingerprint density at radius 2 is 2.07 bits per heavy atom. The van der Waals surface area contributed by atoms with E-state index >= 15 is 0 Å². The van der Waals surface area contributed by atoms with E-state index in [1.165, 1.54) is 0 Å². The Hall–Kier alpha value is -2.15. The number of nitrogens with zero attached hydrogens (tertiary/aromatic N) is 1. The van der Waals surface area contributed by atoms with E-state index in [0.717, 1.165) is 25.8 Å². The van der Waals surface area contributed by atoms with Crippen molar-refractivity contribution in [2.45, 2.75) is 6.61 Å². The SMILES string of the molecule is C#CCN1C(=O)S/C(=C/c2cc(I)c(OCc3ccccc3Cl)c(OC)c2)C1=O. The average Bonchev–Trinajstić information content (AvgIpc) is 2.95. The predicted octanol–water partition coefficient (Wildman–Crippen LogP) is 5.20. The molecule has 29 heavy (non-hydrogen) atoms. The molecule has 148 valence electrons. The molecule has 2 aromatic carbocycles. The molecule has 0 radical (unpaired) electrons. The van der Waals surface area contributed by atoms with Gasteiger partial charge in [0.25, 0.3) is 11.1 Å². The van der Waals surface area contributed by atoms with Crippen LogP contribution in [0.5, 0.6) is 11.5 Å². The van der Waals surface area contributed by atoms with Crippen LogP contribution in [0.4, 0.5) is 4.79 Å². The van der Waals surface area contributed by atoms with Gasteiger partial charge in [0.15, 0.2) is 11.5 Å². The monoisotopic (exact) mass is 539 g/mol. The molecule has 3 rings (SSSR count). The summed E-state index contributed by atoms with van der Waals surface area (Å²) in [6.07, 6.45) is 6.86. The lowest BCUT2D eigenvalue weighted by molar-refractivity contribution is -0.122. The molecule has 1 aliphatic rings. The molecule has 5 nitrogen and oxygen atoms in total. The van der Waals surface area contributed by atoms with Gasteiger partial charge < -0.3 is 9.47 Å². The fourth-order valence-electron chi connectivity index (χ4n) is 2.61. The zero-order valence-corrected chi connectivity index (χ0v) is 19.0. The highest BCUT2D eigenvalue weighted by Gasteiger charge is 2.34. The van der Waals surface area contributed by atoms with Crippen molar-refractivity contribution in [3.63, 3.8) is 0 Å². The molecule has 1 heterocycles. The summed E-state index contributed by atoms with van der Waals surface area (Å²) in [6.45, 7) is 0.244. The van der Waals surface area contributed by atoms with Crippen LogP contribution in [-0.2, 0) is 11.4 Å². The van der Waals surface area contributed by atoms with E-state index in [0.29, 0.717) is 27.0 Å². The maximum Gasteiger partial charge on any atom is 0.294 e. The first-order chi connectivity index (χ1) is 13.9. The number of amides is 2. The minimum Gasteiger partial charge on any atom is -0.493 e. The molecule has 0 aromatic heterocycles. The average molecular weight is 540 g/mol. The van der Waals surface area contributed by atoms with E-state index in [-0.39, 0.29) is 18.4 Å². The van der Waals surface area contributed by atoms with Gasteiger partial charge in [-0.1, -0.05) is 35.7 Å². The highest BCUT2D eigenvalue weighted by Crippen LogP contribution is 2.37. The topological polar surface area (TPSA) is 55.8 Å². The van der Waals surface area contributed by atoms with Gasteiger partial charge in [0.1, 0.15) is 6.61 Å². The molecule has 1 fully saturated rings. The molecule has 0 bridgehead atoms. The van der Waals surface area contributed by atoms with Crippen molar-refractivity contribution >= 4 is 63.2 Å². The van der Waals surface area contributed by atoms with Crippen molar-refractivity contribution in [1.82, 2.24) is 4.90 Å². The highest BCUT2D eigenvalue weighted by atomic mass is 127. The second-order valence-electron chi connectivity index (χ2n) is 5.89. The summed E-state index contributed by atoms with van der Waals surface area (Å²) in [4.78, 5) is 25.7. The number of rotatable bonds is 6. The number of benzene rings is 2. The van der Waals surface area contributed by atoms with E-state index in [2.05, 4.69) is 28.5 Å². The Bertz CT molecular complexity index is 1050. The second-order valence-corrected chi connectivity index (χ2v) is 8.45. The van der Waals surface area contributed by atoms with Crippen LogP contribution in [0.25, 0.3) is 6.08 Å². The second kappa shape index (κ2) is 9.57. The largest absolute Gasteiger partial charge is 0.493 e. The molecule has 0 spiro atoms. The Morgan fingerprint density at radius 1 is 1.31 bits per heavy atom. The third kappa shape index (κ3) is 4.89. The fraction of sp³-hybridized carbons (Fsp3) is 0.143. The third-order valence-electron chi connectivity index (χ3n) is 4.00. The lowest BCUT2D eigenvalue weighted by Gasteiger charge is -2.14. The van der Waals surface area contributed by atoms with E-state index in [1.54, 1.807) is 25.3 Å². The van der Waals surface area contributed by atoms with Crippen LogP contribution in [-0.4, -0.2) is 29.7 Å².